The van der Waals surface area contributed by atoms with E-state index in [1.165, 1.54) is 18.1 Å². The third kappa shape index (κ3) is 5.13. The third-order valence-corrected chi connectivity index (χ3v) is 2.95. The number of carbonyl (C=O) groups excluding carboxylic acids is 2. The fourth-order valence-electron chi connectivity index (χ4n) is 1.83. The van der Waals surface area contributed by atoms with E-state index in [1.54, 1.807) is 0 Å². The first-order valence-electron chi connectivity index (χ1n) is 6.80. The maximum Gasteiger partial charge on any atom is 0.338 e. The van der Waals surface area contributed by atoms with Gasteiger partial charge in [0.15, 0.2) is 0 Å². The lowest BCUT2D eigenvalue weighted by Gasteiger charge is -2.09. The summed E-state index contributed by atoms with van der Waals surface area (Å²) in [7, 11) is 5.18. The quantitative estimate of drug-likeness (QED) is 0.310. The molecule has 8 heteroatoms. The van der Waals surface area contributed by atoms with Crippen molar-refractivity contribution in [3.8, 4) is 0 Å². The number of non-ortho nitro benzene ring substituents is 1. The molecule has 0 saturated heterocycles. The van der Waals surface area contributed by atoms with Gasteiger partial charge in [-0.05, 0) is 6.07 Å². The van der Waals surface area contributed by atoms with Gasteiger partial charge in [-0.1, -0.05) is 0 Å². The van der Waals surface area contributed by atoms with Gasteiger partial charge in [-0.25, -0.2) is 4.79 Å². The molecule has 1 amide bonds. The zero-order valence-corrected chi connectivity index (χ0v) is 12.8. The maximum absolute atomic E-state index is 12.0. The largest absolute Gasteiger partial charge is 0.465 e. The molecule has 1 aromatic carbocycles. The first-order chi connectivity index (χ1) is 10.3. The molecular formula is C14H20N3O5+. The van der Waals surface area contributed by atoms with E-state index >= 15 is 0 Å². The minimum atomic E-state index is -0.728. The van der Waals surface area contributed by atoms with Crippen molar-refractivity contribution in [1.29, 1.82) is 0 Å². The summed E-state index contributed by atoms with van der Waals surface area (Å²) in [5.41, 5.74) is -0.294. The highest BCUT2D eigenvalue weighted by Gasteiger charge is 2.18. The van der Waals surface area contributed by atoms with E-state index in [-0.39, 0.29) is 16.8 Å². The van der Waals surface area contributed by atoms with Crippen molar-refractivity contribution < 1.29 is 24.1 Å². The van der Waals surface area contributed by atoms with Crippen molar-refractivity contribution in [2.45, 2.75) is 6.42 Å². The SMILES string of the molecule is COC(=O)c1cc(C(=O)NCCC[NH+](C)C)cc([N+](=O)[O-])c1. The molecule has 0 saturated carbocycles. The molecule has 2 N–H and O–H groups in total. The number of benzene rings is 1. The van der Waals surface area contributed by atoms with Crippen LogP contribution in [0.1, 0.15) is 27.1 Å². The molecular weight excluding hydrogens is 290 g/mol. The van der Waals surface area contributed by atoms with Crippen LogP contribution in [0.5, 0.6) is 0 Å². The zero-order valence-electron chi connectivity index (χ0n) is 12.8. The summed E-state index contributed by atoms with van der Waals surface area (Å²) in [5, 5.41) is 13.6. The Balaban J connectivity index is 2.88. The molecule has 22 heavy (non-hydrogen) atoms. The number of nitro groups is 1. The maximum atomic E-state index is 12.0. The van der Waals surface area contributed by atoms with E-state index in [9.17, 15) is 19.7 Å². The van der Waals surface area contributed by atoms with Gasteiger partial charge in [0, 0.05) is 30.7 Å². The highest BCUT2D eigenvalue weighted by Crippen LogP contribution is 2.18. The number of rotatable bonds is 7. The Morgan fingerprint density at radius 2 is 1.91 bits per heavy atom. The first-order valence-corrected chi connectivity index (χ1v) is 6.80. The minimum absolute atomic E-state index is 0.0282. The molecule has 0 aliphatic rings. The summed E-state index contributed by atoms with van der Waals surface area (Å²) >= 11 is 0. The number of esters is 1. The number of ether oxygens (including phenoxy) is 1. The average molecular weight is 310 g/mol. The second-order valence-corrected chi connectivity index (χ2v) is 5.08. The van der Waals surface area contributed by atoms with Crippen molar-refractivity contribution in [2.75, 3.05) is 34.3 Å². The molecule has 120 valence electrons. The number of amides is 1. The van der Waals surface area contributed by atoms with Crippen LogP contribution in [-0.2, 0) is 4.74 Å². The van der Waals surface area contributed by atoms with Crippen LogP contribution in [0.15, 0.2) is 18.2 Å². The van der Waals surface area contributed by atoms with Crippen LogP contribution in [0.4, 0.5) is 5.69 Å². The van der Waals surface area contributed by atoms with E-state index in [0.29, 0.717) is 6.54 Å². The molecule has 0 radical (unpaired) electrons. The van der Waals surface area contributed by atoms with Gasteiger partial charge in [0.25, 0.3) is 11.6 Å². The van der Waals surface area contributed by atoms with Crippen LogP contribution >= 0.6 is 0 Å². The molecule has 0 aliphatic heterocycles. The van der Waals surface area contributed by atoms with Gasteiger partial charge in [0.05, 0.1) is 38.2 Å². The number of hydrogen-bond donors (Lipinski definition) is 2. The van der Waals surface area contributed by atoms with E-state index in [1.807, 2.05) is 14.1 Å². The fourth-order valence-corrected chi connectivity index (χ4v) is 1.83. The topological polar surface area (TPSA) is 103 Å². The molecule has 0 unspecified atom stereocenters. The lowest BCUT2D eigenvalue weighted by molar-refractivity contribution is -0.858. The number of nitrogens with one attached hydrogen (secondary N) is 2. The predicted molar refractivity (Wildman–Crippen MR) is 79.1 cm³/mol. The average Bonchev–Trinajstić information content (AvgIpc) is 2.49. The van der Waals surface area contributed by atoms with Crippen LogP contribution < -0.4 is 10.2 Å². The summed E-state index contributed by atoms with van der Waals surface area (Å²) in [6, 6.07) is 3.50. The summed E-state index contributed by atoms with van der Waals surface area (Å²) in [6.07, 6.45) is 0.785. The molecule has 8 nitrogen and oxygen atoms in total. The second kappa shape index (κ2) is 8.08. The Bertz CT molecular complexity index is 572. The van der Waals surface area contributed by atoms with E-state index < -0.39 is 16.8 Å². The van der Waals surface area contributed by atoms with Gasteiger partial charge in [-0.15, -0.1) is 0 Å². The van der Waals surface area contributed by atoms with E-state index in [2.05, 4.69) is 10.1 Å². The smallest absolute Gasteiger partial charge is 0.338 e. The van der Waals surface area contributed by atoms with Crippen LogP contribution in [-0.4, -0.2) is 51.1 Å². The Labute approximate surface area is 128 Å². The van der Waals surface area contributed by atoms with Crippen molar-refractivity contribution in [3.05, 3.63) is 39.4 Å². The van der Waals surface area contributed by atoms with Crippen LogP contribution in [0.25, 0.3) is 0 Å². The Morgan fingerprint density at radius 1 is 1.27 bits per heavy atom. The molecule has 1 aromatic rings. The minimum Gasteiger partial charge on any atom is -0.465 e. The molecule has 0 bridgehead atoms. The van der Waals surface area contributed by atoms with Gasteiger partial charge in [0.2, 0.25) is 0 Å². The molecule has 0 atom stereocenters. The Kier molecular flexibility index (Phi) is 6.46. The van der Waals surface area contributed by atoms with Gasteiger partial charge in [0.1, 0.15) is 0 Å². The number of methoxy groups -OCH3 is 1. The van der Waals surface area contributed by atoms with Gasteiger partial charge >= 0.3 is 5.97 Å². The van der Waals surface area contributed by atoms with Gasteiger partial charge < -0.3 is 15.0 Å². The molecule has 0 heterocycles. The van der Waals surface area contributed by atoms with Crippen LogP contribution in [0, 0.1) is 10.1 Å². The van der Waals surface area contributed by atoms with Crippen LogP contribution in [0.3, 0.4) is 0 Å². The lowest BCUT2D eigenvalue weighted by atomic mass is 10.1. The first kappa shape index (κ1) is 17.6. The number of nitro benzene ring substituents is 1. The second-order valence-electron chi connectivity index (χ2n) is 5.08. The lowest BCUT2D eigenvalue weighted by Crippen LogP contribution is -3.05. The highest BCUT2D eigenvalue weighted by molar-refractivity contribution is 5.98. The Hall–Kier alpha value is -2.48. The standard InChI is InChI=1S/C14H19N3O5/c1-16(2)6-4-5-15-13(18)10-7-11(14(19)22-3)9-12(8-10)17(20)21/h7-9H,4-6H2,1-3H3,(H,15,18)/p+1. The third-order valence-electron chi connectivity index (χ3n) is 2.95. The van der Waals surface area contributed by atoms with Gasteiger partial charge in [-0.3, -0.25) is 14.9 Å². The summed E-state index contributed by atoms with van der Waals surface area (Å²) in [4.78, 5) is 35.1. The van der Waals surface area contributed by atoms with Crippen molar-refractivity contribution in [3.63, 3.8) is 0 Å². The molecule has 0 aliphatic carbocycles. The Morgan fingerprint density at radius 3 is 2.45 bits per heavy atom. The zero-order chi connectivity index (χ0) is 16.7. The highest BCUT2D eigenvalue weighted by atomic mass is 16.6. The van der Waals surface area contributed by atoms with Crippen molar-refractivity contribution in [2.24, 2.45) is 0 Å². The summed E-state index contributed by atoms with van der Waals surface area (Å²) in [6.45, 7) is 1.35. The predicted octanol–water partition coefficient (Wildman–Crippen LogP) is -0.354. The monoisotopic (exact) mass is 310 g/mol. The van der Waals surface area contributed by atoms with Crippen molar-refractivity contribution in [1.82, 2.24) is 5.32 Å². The number of hydrogen-bond acceptors (Lipinski definition) is 5. The molecule has 0 aromatic heterocycles. The number of quaternary nitrogens is 1. The van der Waals surface area contributed by atoms with Crippen LogP contribution in [0.2, 0.25) is 0 Å². The van der Waals surface area contributed by atoms with Crippen molar-refractivity contribution >= 4 is 17.6 Å². The fraction of sp³-hybridized carbons (Fsp3) is 0.429. The van der Waals surface area contributed by atoms with Gasteiger partial charge in [-0.2, -0.15) is 0 Å². The molecule has 0 spiro atoms. The number of carbonyl (C=O) groups is 2. The number of nitrogens with zero attached hydrogens (tertiary/aromatic N) is 1. The molecule has 0 fully saturated rings. The van der Waals surface area contributed by atoms with E-state index in [0.717, 1.165) is 25.1 Å². The summed E-state index contributed by atoms with van der Waals surface area (Å²) < 4.78 is 4.53. The van der Waals surface area contributed by atoms with E-state index in [4.69, 9.17) is 0 Å². The summed E-state index contributed by atoms with van der Waals surface area (Å²) in [5.74, 6) is -1.18. The molecule has 1 rings (SSSR count). The normalized spacial score (nSPS) is 10.4.